The lowest BCUT2D eigenvalue weighted by atomic mass is 9.98. The number of hydrogen-bond donors (Lipinski definition) is 2. The average Bonchev–Trinajstić information content (AvgIpc) is 2.34. The lowest BCUT2D eigenvalue weighted by molar-refractivity contribution is -0.120. The number of carbonyl (C=O) groups is 1. The van der Waals surface area contributed by atoms with Crippen molar-refractivity contribution in [1.82, 2.24) is 4.98 Å². The molecule has 0 saturated heterocycles. The van der Waals surface area contributed by atoms with E-state index in [2.05, 4.69) is 33.2 Å². The van der Waals surface area contributed by atoms with Gasteiger partial charge in [-0.25, -0.2) is 4.98 Å². The molecule has 0 aliphatic carbocycles. The van der Waals surface area contributed by atoms with Crippen molar-refractivity contribution >= 4 is 33.3 Å². The Morgan fingerprint density at radius 3 is 2.83 bits per heavy atom. The molecule has 100 valence electrons. The van der Waals surface area contributed by atoms with Gasteiger partial charge in [-0.1, -0.05) is 26.7 Å². The number of aromatic nitrogens is 1. The van der Waals surface area contributed by atoms with Crippen LogP contribution in [0, 0.1) is 5.92 Å². The van der Waals surface area contributed by atoms with E-state index >= 15 is 0 Å². The lowest BCUT2D eigenvalue weighted by Gasteiger charge is -2.14. The Labute approximate surface area is 116 Å². The van der Waals surface area contributed by atoms with Crippen molar-refractivity contribution in [3.05, 3.63) is 16.7 Å². The van der Waals surface area contributed by atoms with Gasteiger partial charge in [0.05, 0.1) is 16.4 Å². The molecule has 0 bridgehead atoms. The fourth-order valence-electron chi connectivity index (χ4n) is 1.73. The normalized spacial score (nSPS) is 12.2. The van der Waals surface area contributed by atoms with Gasteiger partial charge in [-0.05, 0) is 34.8 Å². The molecule has 0 aromatic carbocycles. The predicted octanol–water partition coefficient (Wildman–Crippen LogP) is 3.58. The van der Waals surface area contributed by atoms with E-state index in [1.807, 2.05) is 6.92 Å². The van der Waals surface area contributed by atoms with Crippen LogP contribution in [0.5, 0.6) is 0 Å². The summed E-state index contributed by atoms with van der Waals surface area (Å²) >= 11 is 3.34. The van der Waals surface area contributed by atoms with E-state index < -0.39 is 0 Å². The summed E-state index contributed by atoms with van der Waals surface area (Å²) in [4.78, 5) is 16.2. The summed E-state index contributed by atoms with van der Waals surface area (Å²) in [5.41, 5.74) is 6.17. The van der Waals surface area contributed by atoms with E-state index in [9.17, 15) is 4.79 Å². The van der Waals surface area contributed by atoms with Gasteiger partial charge in [0.2, 0.25) is 5.91 Å². The van der Waals surface area contributed by atoms with Crippen LogP contribution in [0.15, 0.2) is 16.7 Å². The molecule has 5 heteroatoms. The number of nitrogen functional groups attached to an aromatic ring is 1. The molecule has 1 unspecified atom stereocenters. The molecule has 0 fully saturated rings. The van der Waals surface area contributed by atoms with Crippen molar-refractivity contribution in [3.8, 4) is 0 Å². The van der Waals surface area contributed by atoms with Gasteiger partial charge in [0, 0.05) is 5.92 Å². The van der Waals surface area contributed by atoms with Gasteiger partial charge >= 0.3 is 0 Å². The van der Waals surface area contributed by atoms with Gasteiger partial charge in [0.25, 0.3) is 0 Å². The first-order valence-electron chi connectivity index (χ1n) is 6.30. The van der Waals surface area contributed by atoms with Crippen molar-refractivity contribution in [2.45, 2.75) is 39.5 Å². The quantitative estimate of drug-likeness (QED) is 0.843. The Kier molecular flexibility index (Phi) is 6.12. The Hall–Kier alpha value is -1.10. The van der Waals surface area contributed by atoms with E-state index in [1.165, 1.54) is 6.20 Å². The van der Waals surface area contributed by atoms with Gasteiger partial charge < -0.3 is 11.1 Å². The minimum atomic E-state index is 0.0314. The van der Waals surface area contributed by atoms with E-state index in [0.29, 0.717) is 16.0 Å². The number of anilines is 2. The molecule has 4 nitrogen and oxygen atoms in total. The van der Waals surface area contributed by atoms with Crippen LogP contribution in [-0.4, -0.2) is 10.9 Å². The molecule has 1 heterocycles. The van der Waals surface area contributed by atoms with Gasteiger partial charge in [0.1, 0.15) is 5.82 Å². The Morgan fingerprint density at radius 1 is 1.56 bits per heavy atom. The first kappa shape index (κ1) is 15.0. The highest BCUT2D eigenvalue weighted by Gasteiger charge is 2.17. The third-order valence-electron chi connectivity index (χ3n) is 2.87. The Morgan fingerprint density at radius 2 is 2.28 bits per heavy atom. The second kappa shape index (κ2) is 7.36. The molecule has 0 saturated carbocycles. The Balaban J connectivity index is 2.67. The van der Waals surface area contributed by atoms with E-state index in [0.717, 1.165) is 25.7 Å². The van der Waals surface area contributed by atoms with Crippen molar-refractivity contribution in [1.29, 1.82) is 0 Å². The van der Waals surface area contributed by atoms with Gasteiger partial charge in [-0.3, -0.25) is 4.79 Å². The summed E-state index contributed by atoms with van der Waals surface area (Å²) < 4.78 is 0.709. The van der Waals surface area contributed by atoms with E-state index in [-0.39, 0.29) is 11.8 Å². The molecule has 1 rings (SSSR count). The first-order chi connectivity index (χ1) is 8.58. The zero-order chi connectivity index (χ0) is 13.5. The van der Waals surface area contributed by atoms with Crippen LogP contribution in [-0.2, 0) is 4.79 Å². The maximum Gasteiger partial charge on any atom is 0.228 e. The largest absolute Gasteiger partial charge is 0.397 e. The van der Waals surface area contributed by atoms with Crippen LogP contribution in [0.1, 0.15) is 39.5 Å². The van der Waals surface area contributed by atoms with Gasteiger partial charge in [-0.2, -0.15) is 0 Å². The highest BCUT2D eigenvalue weighted by molar-refractivity contribution is 9.10. The van der Waals surface area contributed by atoms with Crippen LogP contribution in [0.4, 0.5) is 11.5 Å². The maximum absolute atomic E-state index is 12.1. The van der Waals surface area contributed by atoms with Gasteiger partial charge in [-0.15, -0.1) is 0 Å². The molecule has 1 atom stereocenters. The number of nitrogens with zero attached hydrogens (tertiary/aromatic N) is 1. The van der Waals surface area contributed by atoms with Crippen molar-refractivity contribution in [2.24, 2.45) is 5.92 Å². The molecule has 1 aromatic heterocycles. The monoisotopic (exact) mass is 313 g/mol. The number of rotatable bonds is 6. The summed E-state index contributed by atoms with van der Waals surface area (Å²) in [6, 6.07) is 1.73. The van der Waals surface area contributed by atoms with E-state index in [4.69, 9.17) is 5.73 Å². The summed E-state index contributed by atoms with van der Waals surface area (Å²) in [6.45, 7) is 4.16. The van der Waals surface area contributed by atoms with Crippen LogP contribution in [0.3, 0.4) is 0 Å². The SMILES string of the molecule is CCCCC(CC)C(=O)Nc1ncc(N)cc1Br. The highest BCUT2D eigenvalue weighted by Crippen LogP contribution is 2.23. The number of hydrogen-bond acceptors (Lipinski definition) is 3. The number of halogens is 1. The number of pyridine rings is 1. The van der Waals surface area contributed by atoms with Crippen molar-refractivity contribution in [2.75, 3.05) is 11.1 Å². The number of nitrogens with two attached hydrogens (primary N) is 1. The minimum absolute atomic E-state index is 0.0314. The lowest BCUT2D eigenvalue weighted by Crippen LogP contribution is -2.23. The predicted molar refractivity (Wildman–Crippen MR) is 78.3 cm³/mol. The van der Waals surface area contributed by atoms with Gasteiger partial charge in [0.15, 0.2) is 0 Å². The smallest absolute Gasteiger partial charge is 0.228 e. The Bertz CT molecular complexity index is 409. The molecule has 3 N–H and O–H groups in total. The van der Waals surface area contributed by atoms with Crippen LogP contribution in [0.2, 0.25) is 0 Å². The number of amides is 1. The third kappa shape index (κ3) is 4.29. The minimum Gasteiger partial charge on any atom is -0.397 e. The number of unbranched alkanes of at least 4 members (excludes halogenated alkanes) is 1. The molecular weight excluding hydrogens is 294 g/mol. The number of carbonyl (C=O) groups excluding carboxylic acids is 1. The van der Waals surface area contributed by atoms with Crippen LogP contribution >= 0.6 is 15.9 Å². The molecule has 0 spiro atoms. The summed E-state index contributed by atoms with van der Waals surface area (Å²) in [7, 11) is 0. The number of nitrogens with one attached hydrogen (secondary N) is 1. The van der Waals surface area contributed by atoms with Crippen molar-refractivity contribution in [3.63, 3.8) is 0 Å². The summed E-state index contributed by atoms with van der Waals surface area (Å²) in [6.07, 6.45) is 5.48. The molecule has 1 amide bonds. The molecule has 0 radical (unpaired) electrons. The molecule has 0 aliphatic heterocycles. The second-order valence-corrected chi connectivity index (χ2v) is 5.19. The average molecular weight is 314 g/mol. The zero-order valence-corrected chi connectivity index (χ0v) is 12.5. The second-order valence-electron chi connectivity index (χ2n) is 4.34. The fraction of sp³-hybridized carbons (Fsp3) is 0.538. The van der Waals surface area contributed by atoms with E-state index in [1.54, 1.807) is 6.07 Å². The molecular formula is C13H20BrN3O. The van der Waals surface area contributed by atoms with Crippen molar-refractivity contribution < 1.29 is 4.79 Å². The van der Waals surface area contributed by atoms with Crippen LogP contribution < -0.4 is 11.1 Å². The first-order valence-corrected chi connectivity index (χ1v) is 7.09. The van der Waals surface area contributed by atoms with Crippen LogP contribution in [0.25, 0.3) is 0 Å². The fourth-order valence-corrected chi connectivity index (χ4v) is 2.20. The maximum atomic E-state index is 12.1. The topological polar surface area (TPSA) is 68.0 Å². The third-order valence-corrected chi connectivity index (χ3v) is 3.48. The molecule has 18 heavy (non-hydrogen) atoms. The molecule has 0 aliphatic rings. The summed E-state index contributed by atoms with van der Waals surface area (Å²) in [5.74, 6) is 0.615. The molecule has 1 aromatic rings. The highest BCUT2D eigenvalue weighted by atomic mass is 79.9. The summed E-state index contributed by atoms with van der Waals surface area (Å²) in [5, 5.41) is 2.84. The standard InChI is InChI=1S/C13H20BrN3O/c1-3-5-6-9(4-2)13(18)17-12-11(14)7-10(15)8-16-12/h7-9H,3-6,15H2,1-2H3,(H,16,17,18). The zero-order valence-electron chi connectivity index (χ0n) is 10.9.